The summed E-state index contributed by atoms with van der Waals surface area (Å²) in [7, 11) is 0. The summed E-state index contributed by atoms with van der Waals surface area (Å²) in [6.45, 7) is 5.15. The lowest BCUT2D eigenvalue weighted by atomic mass is 10.2. The van der Waals surface area contributed by atoms with Gasteiger partial charge in [-0.3, -0.25) is 4.79 Å². The Morgan fingerprint density at radius 3 is 2.81 bits per heavy atom. The Morgan fingerprint density at radius 2 is 2.19 bits per heavy atom. The van der Waals surface area contributed by atoms with Gasteiger partial charge in [0, 0.05) is 22.7 Å². The Balaban J connectivity index is 1.89. The van der Waals surface area contributed by atoms with Crippen LogP contribution in [0.15, 0.2) is 29.1 Å². The van der Waals surface area contributed by atoms with E-state index >= 15 is 0 Å². The highest BCUT2D eigenvalue weighted by Crippen LogP contribution is 2.14. The van der Waals surface area contributed by atoms with E-state index in [2.05, 4.69) is 0 Å². The van der Waals surface area contributed by atoms with Crippen LogP contribution in [0.3, 0.4) is 0 Å². The second-order valence-electron chi connectivity index (χ2n) is 4.76. The molecule has 1 heterocycles. The van der Waals surface area contributed by atoms with Crippen molar-refractivity contribution in [2.24, 2.45) is 5.73 Å². The van der Waals surface area contributed by atoms with E-state index in [4.69, 9.17) is 22.7 Å². The van der Waals surface area contributed by atoms with E-state index < -0.39 is 0 Å². The fourth-order valence-electron chi connectivity index (χ4n) is 2.00. The number of nitrogens with two attached hydrogens (primary N) is 1. The molecule has 0 atom stereocenters. The lowest BCUT2D eigenvalue weighted by molar-refractivity contribution is 0.301. The van der Waals surface area contributed by atoms with Gasteiger partial charge in [0.1, 0.15) is 10.7 Å². The molecule has 4 nitrogen and oxygen atoms in total. The number of thiocarbonyl (C=S) groups is 1. The molecule has 0 spiro atoms. The average Bonchev–Trinajstić information content (AvgIpc) is 2.69. The number of nitrogens with zero attached hydrogens (tertiary/aromatic N) is 1. The smallest absolute Gasteiger partial charge is 0.307 e. The van der Waals surface area contributed by atoms with Crippen LogP contribution >= 0.6 is 23.6 Å². The molecule has 2 aromatic rings. The molecular weight excluding hydrogens is 304 g/mol. The van der Waals surface area contributed by atoms with Crippen molar-refractivity contribution in [2.45, 2.75) is 26.8 Å². The lowest BCUT2D eigenvalue weighted by Crippen LogP contribution is -2.16. The minimum absolute atomic E-state index is 0.0977. The Hall–Kier alpha value is -1.66. The molecule has 0 fully saturated rings. The van der Waals surface area contributed by atoms with Gasteiger partial charge in [0.25, 0.3) is 0 Å². The van der Waals surface area contributed by atoms with Crippen LogP contribution in [-0.4, -0.2) is 16.2 Å². The topological polar surface area (TPSA) is 57.2 Å². The molecule has 0 aliphatic carbocycles. The van der Waals surface area contributed by atoms with Crippen molar-refractivity contribution in [3.63, 3.8) is 0 Å². The quantitative estimate of drug-likeness (QED) is 0.656. The molecule has 2 N–H and O–H groups in total. The maximum Gasteiger partial charge on any atom is 0.307 e. The third kappa shape index (κ3) is 3.92. The highest BCUT2D eigenvalue weighted by Gasteiger charge is 2.07. The largest absolute Gasteiger partial charge is 0.494 e. The van der Waals surface area contributed by atoms with Crippen molar-refractivity contribution < 1.29 is 4.74 Å². The average molecular weight is 322 g/mol. The molecule has 1 aromatic carbocycles. The van der Waals surface area contributed by atoms with Gasteiger partial charge in [-0.15, -0.1) is 0 Å². The molecule has 21 heavy (non-hydrogen) atoms. The summed E-state index contributed by atoms with van der Waals surface area (Å²) in [4.78, 5) is 13.3. The summed E-state index contributed by atoms with van der Waals surface area (Å²) in [6, 6.07) is 7.41. The van der Waals surface area contributed by atoms with Gasteiger partial charge in [0.05, 0.1) is 6.61 Å². The van der Waals surface area contributed by atoms with Crippen molar-refractivity contribution in [3.05, 3.63) is 50.1 Å². The highest BCUT2D eigenvalue weighted by molar-refractivity contribution is 7.80. The molecule has 1 aromatic heterocycles. The SMILES string of the molecule is Cc1sc(=O)n(CCCOc2cccc(C(N)=S)c2)c1C. The molecule has 2 rings (SSSR count). The number of ether oxygens (including phenoxy) is 1. The number of hydrogen-bond donors (Lipinski definition) is 1. The Labute approximate surface area is 133 Å². The van der Waals surface area contributed by atoms with Crippen LogP contribution < -0.4 is 15.3 Å². The molecule has 0 saturated carbocycles. The van der Waals surface area contributed by atoms with Gasteiger partial charge in [-0.1, -0.05) is 35.7 Å². The van der Waals surface area contributed by atoms with Gasteiger partial charge in [-0.05, 0) is 32.4 Å². The molecule has 112 valence electrons. The zero-order valence-electron chi connectivity index (χ0n) is 12.1. The predicted molar refractivity (Wildman–Crippen MR) is 90.5 cm³/mol. The minimum Gasteiger partial charge on any atom is -0.494 e. The van der Waals surface area contributed by atoms with Crippen LogP contribution in [0, 0.1) is 13.8 Å². The number of hydrogen-bond acceptors (Lipinski definition) is 4. The van der Waals surface area contributed by atoms with Crippen LogP contribution in [0.5, 0.6) is 5.75 Å². The molecule has 0 saturated heterocycles. The monoisotopic (exact) mass is 322 g/mol. The van der Waals surface area contributed by atoms with E-state index in [0.717, 1.165) is 28.3 Å². The first-order chi connectivity index (χ1) is 9.99. The van der Waals surface area contributed by atoms with Crippen LogP contribution in [0.4, 0.5) is 0 Å². The van der Waals surface area contributed by atoms with Gasteiger partial charge < -0.3 is 15.0 Å². The third-order valence-corrected chi connectivity index (χ3v) is 4.52. The van der Waals surface area contributed by atoms with Crippen LogP contribution in [0.25, 0.3) is 0 Å². The Bertz CT molecular complexity index is 704. The number of aromatic nitrogens is 1. The third-order valence-electron chi connectivity index (χ3n) is 3.29. The molecule has 0 aliphatic heterocycles. The van der Waals surface area contributed by atoms with Gasteiger partial charge in [0.15, 0.2) is 0 Å². The Kier molecular flexibility index (Phi) is 5.14. The van der Waals surface area contributed by atoms with Gasteiger partial charge >= 0.3 is 4.87 Å². The van der Waals surface area contributed by atoms with Gasteiger partial charge in [-0.2, -0.15) is 0 Å². The second kappa shape index (κ2) is 6.87. The Morgan fingerprint density at radius 1 is 1.43 bits per heavy atom. The summed E-state index contributed by atoms with van der Waals surface area (Å²) >= 11 is 6.23. The zero-order valence-corrected chi connectivity index (χ0v) is 13.7. The van der Waals surface area contributed by atoms with Crippen LogP contribution in [-0.2, 0) is 6.54 Å². The van der Waals surface area contributed by atoms with E-state index in [1.165, 1.54) is 11.3 Å². The summed E-state index contributed by atoms with van der Waals surface area (Å²) in [6.07, 6.45) is 0.772. The first kappa shape index (κ1) is 15.7. The van der Waals surface area contributed by atoms with E-state index in [-0.39, 0.29) is 4.87 Å². The fourth-order valence-corrected chi connectivity index (χ4v) is 2.98. The normalized spacial score (nSPS) is 10.6. The van der Waals surface area contributed by atoms with Gasteiger partial charge in [-0.25, -0.2) is 0 Å². The maximum absolute atomic E-state index is 11.8. The summed E-state index contributed by atoms with van der Waals surface area (Å²) in [5.74, 6) is 0.742. The fraction of sp³-hybridized carbons (Fsp3) is 0.333. The first-order valence-electron chi connectivity index (χ1n) is 6.68. The van der Waals surface area contributed by atoms with Crippen molar-refractivity contribution >= 4 is 28.5 Å². The molecule has 0 aliphatic rings. The summed E-state index contributed by atoms with van der Waals surface area (Å²) < 4.78 is 7.48. The van der Waals surface area contributed by atoms with E-state index in [0.29, 0.717) is 18.1 Å². The highest BCUT2D eigenvalue weighted by atomic mass is 32.1. The van der Waals surface area contributed by atoms with E-state index in [1.807, 2.05) is 38.1 Å². The molecule has 0 bridgehead atoms. The zero-order chi connectivity index (χ0) is 15.4. The summed E-state index contributed by atoms with van der Waals surface area (Å²) in [5, 5.41) is 0. The van der Waals surface area contributed by atoms with Crippen LogP contribution in [0.2, 0.25) is 0 Å². The number of benzene rings is 1. The standard InChI is InChI=1S/C15H18N2O2S2/c1-10-11(2)21-15(18)17(10)7-4-8-19-13-6-3-5-12(9-13)14(16)20/h3,5-6,9H,4,7-8H2,1-2H3,(H2,16,20). The van der Waals surface area contributed by atoms with Crippen molar-refractivity contribution in [3.8, 4) is 5.75 Å². The van der Waals surface area contributed by atoms with Crippen molar-refractivity contribution in [1.82, 2.24) is 4.57 Å². The summed E-state index contributed by atoms with van der Waals surface area (Å²) in [5.41, 5.74) is 7.42. The van der Waals surface area contributed by atoms with Crippen molar-refractivity contribution in [1.29, 1.82) is 0 Å². The molecule has 0 radical (unpaired) electrons. The number of thiazole rings is 1. The van der Waals surface area contributed by atoms with Gasteiger partial charge in [0.2, 0.25) is 0 Å². The lowest BCUT2D eigenvalue weighted by Gasteiger charge is -2.08. The number of aryl methyl sites for hydroxylation is 1. The van der Waals surface area contributed by atoms with E-state index in [9.17, 15) is 4.79 Å². The maximum atomic E-state index is 11.8. The predicted octanol–water partition coefficient (Wildman–Crippen LogP) is 2.63. The number of rotatable bonds is 6. The first-order valence-corrected chi connectivity index (χ1v) is 7.91. The molecular formula is C15H18N2O2S2. The minimum atomic E-state index is 0.0977. The van der Waals surface area contributed by atoms with E-state index in [1.54, 1.807) is 4.57 Å². The second-order valence-corrected chi connectivity index (χ2v) is 6.36. The molecule has 6 heteroatoms. The molecule has 0 amide bonds. The van der Waals surface area contributed by atoms with Crippen LogP contribution in [0.1, 0.15) is 22.6 Å². The van der Waals surface area contributed by atoms with Crippen molar-refractivity contribution in [2.75, 3.05) is 6.61 Å². The molecule has 0 unspecified atom stereocenters.